The van der Waals surface area contributed by atoms with E-state index in [1.165, 1.54) is 5.56 Å². The maximum atomic E-state index is 5.76. The highest BCUT2D eigenvalue weighted by Crippen LogP contribution is 2.20. The van der Waals surface area contributed by atoms with E-state index in [0.29, 0.717) is 5.92 Å². The van der Waals surface area contributed by atoms with Gasteiger partial charge in [-0.3, -0.25) is 0 Å². The van der Waals surface area contributed by atoms with E-state index in [2.05, 4.69) is 41.6 Å². The number of hydrogen-bond acceptors (Lipinski definition) is 2. The van der Waals surface area contributed by atoms with Gasteiger partial charge < -0.3 is 9.30 Å². The molecule has 2 rings (SSSR count). The van der Waals surface area contributed by atoms with Crippen LogP contribution >= 0.6 is 0 Å². The molecule has 1 aromatic carbocycles. The topological polar surface area (TPSA) is 27.1 Å². The van der Waals surface area contributed by atoms with Crippen LogP contribution in [-0.2, 0) is 6.54 Å². The van der Waals surface area contributed by atoms with Gasteiger partial charge in [0, 0.05) is 18.9 Å². The van der Waals surface area contributed by atoms with Gasteiger partial charge in [-0.15, -0.1) is 0 Å². The molecular weight excluding hydrogens is 224 g/mol. The molecule has 96 valence electrons. The van der Waals surface area contributed by atoms with Crippen molar-refractivity contribution in [2.45, 2.75) is 32.7 Å². The van der Waals surface area contributed by atoms with E-state index in [4.69, 9.17) is 4.74 Å². The number of ether oxygens (including phenoxy) is 1. The lowest BCUT2D eigenvalue weighted by Crippen LogP contribution is -2.03. The monoisotopic (exact) mass is 244 g/mol. The van der Waals surface area contributed by atoms with Gasteiger partial charge in [-0.2, -0.15) is 0 Å². The lowest BCUT2D eigenvalue weighted by Gasteiger charge is -2.10. The zero-order valence-electron chi connectivity index (χ0n) is 11.0. The lowest BCUT2D eigenvalue weighted by atomic mass is 10.0. The second kappa shape index (κ2) is 6.24. The summed E-state index contributed by atoms with van der Waals surface area (Å²) in [4.78, 5) is 4.01. The van der Waals surface area contributed by atoms with Crippen molar-refractivity contribution < 1.29 is 4.74 Å². The quantitative estimate of drug-likeness (QED) is 0.727. The van der Waals surface area contributed by atoms with Gasteiger partial charge >= 0.3 is 0 Å². The van der Waals surface area contributed by atoms with Crippen molar-refractivity contribution in [3.05, 3.63) is 48.5 Å². The summed E-state index contributed by atoms with van der Waals surface area (Å²) in [5.41, 5.74) is 1.32. The summed E-state index contributed by atoms with van der Waals surface area (Å²) in [7, 11) is 0. The van der Waals surface area contributed by atoms with Gasteiger partial charge in [0.1, 0.15) is 5.75 Å². The predicted molar refractivity (Wildman–Crippen MR) is 72.9 cm³/mol. The van der Waals surface area contributed by atoms with Crippen molar-refractivity contribution >= 4 is 0 Å². The third-order valence-corrected chi connectivity index (χ3v) is 2.91. The molecule has 0 fully saturated rings. The largest absolute Gasteiger partial charge is 0.494 e. The molecule has 0 saturated heterocycles. The highest BCUT2D eigenvalue weighted by atomic mass is 16.5. The van der Waals surface area contributed by atoms with Gasteiger partial charge in [-0.05, 0) is 30.0 Å². The Bertz CT molecular complexity index is 463. The Morgan fingerprint density at radius 3 is 2.94 bits per heavy atom. The summed E-state index contributed by atoms with van der Waals surface area (Å²) < 4.78 is 7.82. The minimum atomic E-state index is 0.541. The summed E-state index contributed by atoms with van der Waals surface area (Å²) in [5, 5.41) is 0. The summed E-state index contributed by atoms with van der Waals surface area (Å²) in [6.45, 7) is 6.07. The molecule has 2 aromatic rings. The Labute approximate surface area is 108 Å². The van der Waals surface area contributed by atoms with Gasteiger partial charge in [0.15, 0.2) is 0 Å². The van der Waals surface area contributed by atoms with Crippen LogP contribution in [0.3, 0.4) is 0 Å². The molecule has 0 N–H and O–H groups in total. The standard InChI is InChI=1S/C15H20N2O/c1-13(2)14-5-3-6-15(11-14)18-10-4-8-17-9-7-16-12-17/h3,5-7,9,11-13H,4,8,10H2,1-2H3. The van der Waals surface area contributed by atoms with Crippen LogP contribution in [0.5, 0.6) is 5.75 Å². The third-order valence-electron chi connectivity index (χ3n) is 2.91. The molecular formula is C15H20N2O. The zero-order chi connectivity index (χ0) is 12.8. The minimum absolute atomic E-state index is 0.541. The highest BCUT2D eigenvalue weighted by molar-refractivity contribution is 5.30. The van der Waals surface area contributed by atoms with E-state index in [1.54, 1.807) is 6.20 Å². The first-order valence-electron chi connectivity index (χ1n) is 6.44. The van der Waals surface area contributed by atoms with E-state index in [9.17, 15) is 0 Å². The Kier molecular flexibility index (Phi) is 4.40. The molecule has 1 heterocycles. The van der Waals surface area contributed by atoms with Crippen molar-refractivity contribution in [3.63, 3.8) is 0 Å². The van der Waals surface area contributed by atoms with E-state index in [1.807, 2.05) is 18.6 Å². The molecule has 1 aromatic heterocycles. The van der Waals surface area contributed by atoms with Crippen molar-refractivity contribution in [2.24, 2.45) is 0 Å². The van der Waals surface area contributed by atoms with Gasteiger partial charge in [-0.25, -0.2) is 4.98 Å². The Balaban J connectivity index is 1.78. The SMILES string of the molecule is CC(C)c1cccc(OCCCn2ccnc2)c1. The van der Waals surface area contributed by atoms with Crippen molar-refractivity contribution in [3.8, 4) is 5.75 Å². The van der Waals surface area contributed by atoms with Crippen molar-refractivity contribution in [1.82, 2.24) is 9.55 Å². The first kappa shape index (κ1) is 12.7. The fraction of sp³-hybridized carbons (Fsp3) is 0.400. The number of rotatable bonds is 6. The molecule has 0 aliphatic carbocycles. The molecule has 0 aliphatic rings. The highest BCUT2D eigenvalue weighted by Gasteiger charge is 2.00. The van der Waals surface area contributed by atoms with Crippen LogP contribution in [-0.4, -0.2) is 16.2 Å². The Morgan fingerprint density at radius 1 is 1.33 bits per heavy atom. The van der Waals surface area contributed by atoms with E-state index >= 15 is 0 Å². The van der Waals surface area contributed by atoms with Crippen LogP contribution in [0.25, 0.3) is 0 Å². The fourth-order valence-electron chi connectivity index (χ4n) is 1.82. The molecule has 0 amide bonds. The zero-order valence-corrected chi connectivity index (χ0v) is 11.0. The summed E-state index contributed by atoms with van der Waals surface area (Å²) in [6, 6.07) is 8.34. The second-order valence-corrected chi connectivity index (χ2v) is 4.73. The van der Waals surface area contributed by atoms with Crippen LogP contribution in [0.1, 0.15) is 31.7 Å². The maximum absolute atomic E-state index is 5.76. The summed E-state index contributed by atoms with van der Waals surface area (Å²) in [5.74, 6) is 1.51. The number of aryl methyl sites for hydroxylation is 1. The number of imidazole rings is 1. The van der Waals surface area contributed by atoms with Crippen LogP contribution in [0.4, 0.5) is 0 Å². The van der Waals surface area contributed by atoms with Gasteiger partial charge in [-0.1, -0.05) is 26.0 Å². The number of benzene rings is 1. The molecule has 0 spiro atoms. The smallest absolute Gasteiger partial charge is 0.119 e. The molecule has 3 heteroatoms. The van der Waals surface area contributed by atoms with Crippen molar-refractivity contribution in [2.75, 3.05) is 6.61 Å². The average molecular weight is 244 g/mol. The summed E-state index contributed by atoms with van der Waals surface area (Å²) >= 11 is 0. The molecule has 0 aliphatic heterocycles. The first-order chi connectivity index (χ1) is 8.75. The molecule has 0 saturated carbocycles. The van der Waals surface area contributed by atoms with Crippen LogP contribution in [0.2, 0.25) is 0 Å². The number of hydrogen-bond donors (Lipinski definition) is 0. The average Bonchev–Trinajstić information content (AvgIpc) is 2.88. The van der Waals surface area contributed by atoms with Gasteiger partial charge in [0.05, 0.1) is 12.9 Å². The normalized spacial score (nSPS) is 10.8. The molecule has 0 unspecified atom stereocenters. The molecule has 0 bridgehead atoms. The Morgan fingerprint density at radius 2 is 2.22 bits per heavy atom. The van der Waals surface area contributed by atoms with Crippen LogP contribution in [0, 0.1) is 0 Å². The van der Waals surface area contributed by atoms with Gasteiger partial charge in [0.2, 0.25) is 0 Å². The van der Waals surface area contributed by atoms with E-state index < -0.39 is 0 Å². The molecule has 3 nitrogen and oxygen atoms in total. The molecule has 0 radical (unpaired) electrons. The summed E-state index contributed by atoms with van der Waals surface area (Å²) in [6.07, 6.45) is 6.59. The molecule has 0 atom stereocenters. The van der Waals surface area contributed by atoms with Crippen molar-refractivity contribution in [1.29, 1.82) is 0 Å². The lowest BCUT2D eigenvalue weighted by molar-refractivity contribution is 0.301. The van der Waals surface area contributed by atoms with E-state index in [0.717, 1.165) is 25.3 Å². The van der Waals surface area contributed by atoms with E-state index in [-0.39, 0.29) is 0 Å². The second-order valence-electron chi connectivity index (χ2n) is 4.73. The predicted octanol–water partition coefficient (Wildman–Crippen LogP) is 3.48. The Hall–Kier alpha value is -1.77. The van der Waals surface area contributed by atoms with Crippen LogP contribution < -0.4 is 4.74 Å². The van der Waals surface area contributed by atoms with Gasteiger partial charge in [0.25, 0.3) is 0 Å². The minimum Gasteiger partial charge on any atom is -0.494 e. The third kappa shape index (κ3) is 3.62. The fourth-order valence-corrected chi connectivity index (χ4v) is 1.82. The molecule has 18 heavy (non-hydrogen) atoms. The number of nitrogens with zero attached hydrogens (tertiary/aromatic N) is 2. The number of aromatic nitrogens is 2. The first-order valence-corrected chi connectivity index (χ1v) is 6.44. The van der Waals surface area contributed by atoms with Crippen LogP contribution in [0.15, 0.2) is 43.0 Å². The maximum Gasteiger partial charge on any atom is 0.119 e.